The van der Waals surface area contributed by atoms with Gasteiger partial charge in [0, 0.05) is 24.2 Å². The van der Waals surface area contributed by atoms with E-state index in [9.17, 15) is 19.7 Å². The molecule has 0 amide bonds. The first-order valence-corrected chi connectivity index (χ1v) is 6.28. The largest absolute Gasteiger partial charge is 0.299 e. The van der Waals surface area contributed by atoms with Gasteiger partial charge < -0.3 is 0 Å². The van der Waals surface area contributed by atoms with Crippen LogP contribution in [0, 0.1) is 16.0 Å². The second kappa shape index (κ2) is 7.14. The maximum Gasteiger partial charge on any atom is 0.204 e. The molecule has 0 heterocycles. The van der Waals surface area contributed by atoms with Crippen LogP contribution in [-0.4, -0.2) is 23.0 Å². The molecule has 5 nitrogen and oxygen atoms in total. The van der Waals surface area contributed by atoms with Gasteiger partial charge in [-0.2, -0.15) is 0 Å². The van der Waals surface area contributed by atoms with Crippen LogP contribution in [0.5, 0.6) is 0 Å². The molecule has 1 rings (SSSR count). The third kappa shape index (κ3) is 5.06. The third-order valence-corrected chi connectivity index (χ3v) is 3.21. The van der Waals surface area contributed by atoms with Crippen LogP contribution in [0.3, 0.4) is 0 Å². The quantitative estimate of drug-likeness (QED) is 0.420. The molecule has 17 heavy (non-hydrogen) atoms. The molecule has 0 aromatic heterocycles. The number of Topliss-reactive ketones (excluding diaryl/α,β-unsaturated/α-hetero) is 2. The second-order valence-corrected chi connectivity index (χ2v) is 4.60. The van der Waals surface area contributed by atoms with E-state index >= 15 is 0 Å². The van der Waals surface area contributed by atoms with Gasteiger partial charge in [-0.3, -0.25) is 19.7 Å². The lowest BCUT2D eigenvalue weighted by Gasteiger charge is -2.17. The first-order chi connectivity index (χ1) is 8.11. The molecule has 0 spiro atoms. The van der Waals surface area contributed by atoms with Crippen molar-refractivity contribution in [2.24, 2.45) is 5.92 Å². The minimum atomic E-state index is -0.484. The Kier molecular flexibility index (Phi) is 5.80. The van der Waals surface area contributed by atoms with E-state index in [1.54, 1.807) is 0 Å². The standard InChI is InChI=1S/C12H19NO4/c14-11-7-4-2-1-3-6-10(11)12(15)8-5-9-13(16)17/h10H,1-9H2. The summed E-state index contributed by atoms with van der Waals surface area (Å²) in [6.07, 6.45) is 5.46. The van der Waals surface area contributed by atoms with Crippen molar-refractivity contribution in [3.05, 3.63) is 10.1 Å². The molecule has 1 fully saturated rings. The van der Waals surface area contributed by atoms with Crippen LogP contribution >= 0.6 is 0 Å². The monoisotopic (exact) mass is 241 g/mol. The molecule has 1 unspecified atom stereocenters. The van der Waals surface area contributed by atoms with Crippen LogP contribution in [0.15, 0.2) is 0 Å². The Balaban J connectivity index is 2.41. The van der Waals surface area contributed by atoms with E-state index in [1.807, 2.05) is 0 Å². The van der Waals surface area contributed by atoms with Gasteiger partial charge in [-0.25, -0.2) is 0 Å². The lowest BCUT2D eigenvalue weighted by Crippen LogP contribution is -2.25. The van der Waals surface area contributed by atoms with Gasteiger partial charge in [0.1, 0.15) is 11.6 Å². The first kappa shape index (κ1) is 13.8. The fourth-order valence-corrected chi connectivity index (χ4v) is 2.23. The summed E-state index contributed by atoms with van der Waals surface area (Å²) in [5.41, 5.74) is 0. The number of carbonyl (C=O) groups is 2. The number of rotatable bonds is 5. The molecule has 1 aliphatic rings. The summed E-state index contributed by atoms with van der Waals surface area (Å²) in [5.74, 6) is -0.545. The average molecular weight is 241 g/mol. The van der Waals surface area contributed by atoms with Crippen molar-refractivity contribution in [3.8, 4) is 0 Å². The Morgan fingerprint density at radius 1 is 1.29 bits per heavy atom. The molecule has 0 N–H and O–H groups in total. The molecule has 5 heteroatoms. The van der Waals surface area contributed by atoms with Crippen LogP contribution in [0.1, 0.15) is 51.4 Å². The summed E-state index contributed by atoms with van der Waals surface area (Å²) in [5, 5.41) is 10.1. The van der Waals surface area contributed by atoms with E-state index in [4.69, 9.17) is 0 Å². The number of nitro groups is 1. The van der Waals surface area contributed by atoms with E-state index in [0.29, 0.717) is 12.8 Å². The molecule has 1 saturated carbocycles. The van der Waals surface area contributed by atoms with Crippen molar-refractivity contribution in [1.82, 2.24) is 0 Å². The maximum atomic E-state index is 11.8. The van der Waals surface area contributed by atoms with Crippen molar-refractivity contribution in [3.63, 3.8) is 0 Å². The van der Waals surface area contributed by atoms with Gasteiger partial charge in [-0.15, -0.1) is 0 Å². The van der Waals surface area contributed by atoms with Crippen LogP contribution in [-0.2, 0) is 9.59 Å². The van der Waals surface area contributed by atoms with Crippen molar-refractivity contribution in [1.29, 1.82) is 0 Å². The minimum absolute atomic E-state index is 0.0378. The molecule has 96 valence electrons. The molecule has 0 aromatic rings. The van der Waals surface area contributed by atoms with Crippen molar-refractivity contribution in [2.45, 2.75) is 51.4 Å². The summed E-state index contributed by atoms with van der Waals surface area (Å²) in [7, 11) is 0. The Labute approximate surface area is 101 Å². The Morgan fingerprint density at radius 3 is 2.71 bits per heavy atom. The van der Waals surface area contributed by atoms with Gasteiger partial charge in [-0.1, -0.05) is 19.3 Å². The van der Waals surface area contributed by atoms with Gasteiger partial charge >= 0.3 is 0 Å². The molecule has 0 aromatic carbocycles. The molecule has 0 radical (unpaired) electrons. The van der Waals surface area contributed by atoms with Gasteiger partial charge in [0.25, 0.3) is 0 Å². The average Bonchev–Trinajstić information content (AvgIpc) is 2.23. The zero-order chi connectivity index (χ0) is 12.7. The Bertz CT molecular complexity index is 301. The lowest BCUT2D eigenvalue weighted by molar-refractivity contribution is -0.480. The summed E-state index contributed by atoms with van der Waals surface area (Å²) < 4.78 is 0. The van der Waals surface area contributed by atoms with Gasteiger partial charge in [0.05, 0.1) is 5.92 Å². The van der Waals surface area contributed by atoms with Gasteiger partial charge in [0.15, 0.2) is 0 Å². The Hall–Kier alpha value is -1.26. The number of nitrogens with zero attached hydrogens (tertiary/aromatic N) is 1. The summed E-state index contributed by atoms with van der Waals surface area (Å²) in [4.78, 5) is 33.3. The summed E-state index contributed by atoms with van der Waals surface area (Å²) >= 11 is 0. The molecule has 1 atom stereocenters. The molecule has 0 aliphatic heterocycles. The minimum Gasteiger partial charge on any atom is -0.299 e. The van der Waals surface area contributed by atoms with Gasteiger partial charge in [-0.05, 0) is 12.8 Å². The van der Waals surface area contributed by atoms with Crippen molar-refractivity contribution in [2.75, 3.05) is 6.54 Å². The molecule has 1 aliphatic carbocycles. The van der Waals surface area contributed by atoms with Crippen LogP contribution in [0.2, 0.25) is 0 Å². The van der Waals surface area contributed by atoms with E-state index in [1.165, 1.54) is 0 Å². The number of carbonyl (C=O) groups excluding carboxylic acids is 2. The fourth-order valence-electron chi connectivity index (χ4n) is 2.23. The number of hydrogen-bond donors (Lipinski definition) is 0. The summed E-state index contributed by atoms with van der Waals surface area (Å²) in [6.45, 7) is -0.188. The Morgan fingerprint density at radius 2 is 2.00 bits per heavy atom. The number of hydrogen-bond acceptors (Lipinski definition) is 4. The highest BCUT2D eigenvalue weighted by molar-refractivity contribution is 6.02. The number of ketones is 2. The van der Waals surface area contributed by atoms with E-state index < -0.39 is 10.8 Å². The zero-order valence-electron chi connectivity index (χ0n) is 10.0. The van der Waals surface area contributed by atoms with E-state index in [0.717, 1.165) is 25.7 Å². The zero-order valence-corrected chi connectivity index (χ0v) is 10.0. The second-order valence-electron chi connectivity index (χ2n) is 4.60. The van der Waals surface area contributed by atoms with Crippen molar-refractivity contribution < 1.29 is 14.5 Å². The maximum absolute atomic E-state index is 11.8. The predicted molar refractivity (Wildman–Crippen MR) is 62.3 cm³/mol. The first-order valence-electron chi connectivity index (χ1n) is 6.28. The highest BCUT2D eigenvalue weighted by atomic mass is 16.6. The molecular weight excluding hydrogens is 222 g/mol. The normalized spacial score (nSPS) is 21.6. The van der Waals surface area contributed by atoms with Crippen LogP contribution < -0.4 is 0 Å². The molecule has 0 bridgehead atoms. The highest BCUT2D eigenvalue weighted by Gasteiger charge is 2.26. The summed E-state index contributed by atoms with van der Waals surface area (Å²) in [6, 6.07) is 0. The van der Waals surface area contributed by atoms with Crippen molar-refractivity contribution >= 4 is 11.6 Å². The van der Waals surface area contributed by atoms with E-state index in [-0.39, 0.29) is 31.0 Å². The smallest absolute Gasteiger partial charge is 0.204 e. The van der Waals surface area contributed by atoms with E-state index in [2.05, 4.69) is 0 Å². The highest BCUT2D eigenvalue weighted by Crippen LogP contribution is 2.21. The van der Waals surface area contributed by atoms with Crippen LogP contribution in [0.4, 0.5) is 0 Å². The third-order valence-electron chi connectivity index (χ3n) is 3.21. The SMILES string of the molecule is O=C1CCCCCCC1C(=O)CCC[N+](=O)[O-]. The molecular formula is C12H19NO4. The predicted octanol–water partition coefficient (Wildman–Crippen LogP) is 2.15. The van der Waals surface area contributed by atoms with Crippen LogP contribution in [0.25, 0.3) is 0 Å². The van der Waals surface area contributed by atoms with Gasteiger partial charge in [0.2, 0.25) is 6.54 Å². The fraction of sp³-hybridized carbons (Fsp3) is 0.833. The molecule has 0 saturated heterocycles. The topological polar surface area (TPSA) is 77.3 Å². The lowest BCUT2D eigenvalue weighted by atomic mass is 9.85.